The average molecular weight is 208 g/mol. The van der Waals surface area contributed by atoms with Gasteiger partial charge in [0, 0.05) is 6.10 Å². The van der Waals surface area contributed by atoms with Crippen LogP contribution in [0.15, 0.2) is 30.3 Å². The molecule has 14 heavy (non-hydrogen) atoms. The molecule has 1 aromatic carbocycles. The maximum Gasteiger partial charge on any atom is 0.166 e. The zero-order valence-corrected chi connectivity index (χ0v) is 10.6. The molecule has 0 saturated carbocycles. The third kappa shape index (κ3) is 4.07. The molecule has 1 aromatic rings. The van der Waals surface area contributed by atoms with Crippen molar-refractivity contribution >= 4 is 9.76 Å². The largest absolute Gasteiger partial charge is 0.421 e. The summed E-state index contributed by atoms with van der Waals surface area (Å²) in [7, 11) is -0.356. The summed E-state index contributed by atoms with van der Waals surface area (Å²) in [6.45, 7) is 4.40. The Kier molecular flexibility index (Phi) is 5.57. The molecule has 0 amide bonds. The van der Waals surface area contributed by atoms with Crippen molar-refractivity contribution in [1.29, 1.82) is 0 Å². The van der Waals surface area contributed by atoms with Crippen molar-refractivity contribution < 1.29 is 4.43 Å². The van der Waals surface area contributed by atoms with Crippen molar-refractivity contribution in [3.05, 3.63) is 35.9 Å². The Labute approximate surface area is 89.4 Å². The number of benzene rings is 1. The van der Waals surface area contributed by atoms with E-state index in [-0.39, 0.29) is 9.76 Å². The zero-order valence-electron chi connectivity index (χ0n) is 9.20. The highest BCUT2D eigenvalue weighted by atomic mass is 28.2. The lowest BCUT2D eigenvalue weighted by molar-refractivity contribution is 0.202. The molecule has 0 saturated heterocycles. The summed E-state index contributed by atoms with van der Waals surface area (Å²) in [6, 6.07) is 11.8. The molecular formula is C12H20OSi. The topological polar surface area (TPSA) is 9.23 Å². The quantitative estimate of drug-likeness (QED) is 0.653. The Morgan fingerprint density at radius 3 is 2.36 bits per heavy atom. The third-order valence-electron chi connectivity index (χ3n) is 2.50. The molecule has 0 unspecified atom stereocenters. The molecule has 0 heterocycles. The standard InChI is InChI=1S/C12H20OSi/c1-3-12(4-2)13-14-10-11-8-6-5-7-9-11/h5-9,12H,3-4,10,14H2,1-2H3. The highest BCUT2D eigenvalue weighted by Crippen LogP contribution is 2.04. The molecule has 2 heteroatoms. The van der Waals surface area contributed by atoms with Gasteiger partial charge in [0.2, 0.25) is 0 Å². The van der Waals surface area contributed by atoms with E-state index < -0.39 is 0 Å². The maximum absolute atomic E-state index is 5.88. The van der Waals surface area contributed by atoms with Crippen LogP contribution in [0.4, 0.5) is 0 Å². The smallest absolute Gasteiger partial charge is 0.166 e. The molecular weight excluding hydrogens is 188 g/mol. The van der Waals surface area contributed by atoms with Crippen molar-refractivity contribution in [2.24, 2.45) is 0 Å². The van der Waals surface area contributed by atoms with Gasteiger partial charge in [-0.15, -0.1) is 0 Å². The third-order valence-corrected chi connectivity index (χ3v) is 3.99. The van der Waals surface area contributed by atoms with E-state index in [1.54, 1.807) is 0 Å². The molecule has 0 aliphatic carbocycles. The van der Waals surface area contributed by atoms with Crippen LogP contribution in [0.5, 0.6) is 0 Å². The molecule has 0 radical (unpaired) electrons. The van der Waals surface area contributed by atoms with Gasteiger partial charge in [-0.3, -0.25) is 0 Å². The zero-order chi connectivity index (χ0) is 10.2. The first-order valence-electron chi connectivity index (χ1n) is 5.52. The van der Waals surface area contributed by atoms with Gasteiger partial charge in [0.25, 0.3) is 0 Å². The number of rotatable bonds is 6. The van der Waals surface area contributed by atoms with Crippen LogP contribution in [-0.2, 0) is 10.5 Å². The Bertz CT molecular complexity index is 231. The van der Waals surface area contributed by atoms with Crippen molar-refractivity contribution in [2.75, 3.05) is 0 Å². The van der Waals surface area contributed by atoms with Gasteiger partial charge in [0.15, 0.2) is 9.76 Å². The summed E-state index contributed by atoms with van der Waals surface area (Å²) in [4.78, 5) is 0. The van der Waals surface area contributed by atoms with Crippen molar-refractivity contribution in [3.63, 3.8) is 0 Å². The molecule has 0 N–H and O–H groups in total. The summed E-state index contributed by atoms with van der Waals surface area (Å²) < 4.78 is 5.88. The Morgan fingerprint density at radius 2 is 1.79 bits per heavy atom. The van der Waals surface area contributed by atoms with Gasteiger partial charge in [-0.05, 0) is 24.4 Å². The Morgan fingerprint density at radius 1 is 1.14 bits per heavy atom. The van der Waals surface area contributed by atoms with Gasteiger partial charge in [0.05, 0.1) is 0 Å². The first kappa shape index (κ1) is 11.5. The van der Waals surface area contributed by atoms with Crippen LogP contribution >= 0.6 is 0 Å². The minimum Gasteiger partial charge on any atom is -0.421 e. The van der Waals surface area contributed by atoms with Crippen LogP contribution in [0.1, 0.15) is 32.3 Å². The van der Waals surface area contributed by atoms with Crippen LogP contribution in [0, 0.1) is 0 Å². The van der Waals surface area contributed by atoms with E-state index in [2.05, 4.69) is 44.2 Å². The van der Waals surface area contributed by atoms with Gasteiger partial charge in [0.1, 0.15) is 0 Å². The molecule has 0 atom stereocenters. The van der Waals surface area contributed by atoms with Crippen molar-refractivity contribution in [2.45, 2.75) is 38.8 Å². The van der Waals surface area contributed by atoms with Gasteiger partial charge in [-0.25, -0.2) is 0 Å². The van der Waals surface area contributed by atoms with E-state index in [0.717, 1.165) is 18.9 Å². The molecule has 0 fully saturated rings. The van der Waals surface area contributed by atoms with Gasteiger partial charge in [-0.2, -0.15) is 0 Å². The molecule has 1 rings (SSSR count). The normalized spacial score (nSPS) is 11.6. The fourth-order valence-electron chi connectivity index (χ4n) is 1.51. The van der Waals surface area contributed by atoms with Crippen molar-refractivity contribution in [3.8, 4) is 0 Å². The summed E-state index contributed by atoms with van der Waals surface area (Å²) >= 11 is 0. The lowest BCUT2D eigenvalue weighted by Gasteiger charge is -2.13. The second-order valence-electron chi connectivity index (χ2n) is 3.54. The Hall–Kier alpha value is -0.603. The molecule has 0 aromatic heterocycles. The summed E-state index contributed by atoms with van der Waals surface area (Å²) in [5, 5.41) is 0. The van der Waals surface area contributed by atoms with E-state index in [0.29, 0.717) is 6.10 Å². The fraction of sp³-hybridized carbons (Fsp3) is 0.500. The summed E-state index contributed by atoms with van der Waals surface area (Å²) in [5.41, 5.74) is 1.42. The van der Waals surface area contributed by atoms with E-state index in [1.165, 1.54) is 5.56 Å². The number of hydrogen-bond donors (Lipinski definition) is 0. The average Bonchev–Trinajstić information content (AvgIpc) is 2.26. The van der Waals surface area contributed by atoms with Gasteiger partial charge < -0.3 is 4.43 Å². The van der Waals surface area contributed by atoms with Gasteiger partial charge >= 0.3 is 0 Å². The lowest BCUT2D eigenvalue weighted by atomic mass is 10.2. The van der Waals surface area contributed by atoms with E-state index in [1.807, 2.05) is 0 Å². The summed E-state index contributed by atoms with van der Waals surface area (Å²) in [5.74, 6) is 0. The molecule has 0 bridgehead atoms. The SMILES string of the molecule is CCC(CC)O[SiH2]Cc1ccccc1. The minimum atomic E-state index is -0.356. The van der Waals surface area contributed by atoms with Crippen LogP contribution in [-0.4, -0.2) is 15.9 Å². The molecule has 0 spiro atoms. The highest BCUT2D eigenvalue weighted by Gasteiger charge is 2.02. The van der Waals surface area contributed by atoms with Gasteiger partial charge in [-0.1, -0.05) is 44.2 Å². The van der Waals surface area contributed by atoms with E-state index in [4.69, 9.17) is 4.43 Å². The maximum atomic E-state index is 5.88. The lowest BCUT2D eigenvalue weighted by Crippen LogP contribution is -2.15. The molecule has 0 aliphatic heterocycles. The molecule has 78 valence electrons. The first-order valence-corrected chi connectivity index (χ1v) is 7.10. The Balaban J connectivity index is 2.21. The minimum absolute atomic E-state index is 0.356. The highest BCUT2D eigenvalue weighted by molar-refractivity contribution is 6.26. The van der Waals surface area contributed by atoms with E-state index in [9.17, 15) is 0 Å². The fourth-order valence-corrected chi connectivity index (χ4v) is 3.00. The van der Waals surface area contributed by atoms with Crippen molar-refractivity contribution in [1.82, 2.24) is 0 Å². The second-order valence-corrected chi connectivity index (χ2v) is 4.79. The first-order chi connectivity index (χ1) is 6.86. The molecule has 1 nitrogen and oxygen atoms in total. The van der Waals surface area contributed by atoms with Crippen LogP contribution < -0.4 is 0 Å². The van der Waals surface area contributed by atoms with Crippen LogP contribution in [0.25, 0.3) is 0 Å². The second kappa shape index (κ2) is 6.79. The van der Waals surface area contributed by atoms with Crippen LogP contribution in [0.2, 0.25) is 0 Å². The van der Waals surface area contributed by atoms with E-state index >= 15 is 0 Å². The summed E-state index contributed by atoms with van der Waals surface area (Å²) in [6.07, 6.45) is 2.81. The predicted octanol–water partition coefficient (Wildman–Crippen LogP) is 2.48. The van der Waals surface area contributed by atoms with Crippen LogP contribution in [0.3, 0.4) is 0 Å². The molecule has 0 aliphatic rings. The number of hydrogen-bond acceptors (Lipinski definition) is 1. The predicted molar refractivity (Wildman–Crippen MR) is 64.1 cm³/mol. The monoisotopic (exact) mass is 208 g/mol.